The van der Waals surface area contributed by atoms with Gasteiger partial charge in [0.25, 0.3) is 0 Å². The second kappa shape index (κ2) is 7.65. The summed E-state index contributed by atoms with van der Waals surface area (Å²) in [4.78, 5) is 0. The number of hydrogen-bond acceptors (Lipinski definition) is 3. The Kier molecular flexibility index (Phi) is 5.86. The predicted molar refractivity (Wildman–Crippen MR) is 82.2 cm³/mol. The van der Waals surface area contributed by atoms with Crippen molar-refractivity contribution in [2.75, 3.05) is 13.7 Å². The molecule has 0 saturated heterocycles. The Bertz CT molecular complexity index is 404. The molecule has 0 amide bonds. The smallest absolute Gasteiger partial charge is 0.120 e. The average molecular weight is 277 g/mol. The highest BCUT2D eigenvalue weighted by Crippen LogP contribution is 2.29. The van der Waals surface area contributed by atoms with E-state index in [1.807, 2.05) is 0 Å². The van der Waals surface area contributed by atoms with Gasteiger partial charge in [-0.15, -0.1) is 0 Å². The molecule has 1 aromatic rings. The third-order valence-corrected chi connectivity index (χ3v) is 3.80. The Morgan fingerprint density at radius 3 is 2.75 bits per heavy atom. The first kappa shape index (κ1) is 15.3. The number of benzene rings is 1. The van der Waals surface area contributed by atoms with Gasteiger partial charge in [-0.2, -0.15) is 0 Å². The lowest BCUT2D eigenvalue weighted by Gasteiger charge is -2.21. The molecule has 0 bridgehead atoms. The molecule has 20 heavy (non-hydrogen) atoms. The van der Waals surface area contributed by atoms with Crippen LogP contribution in [0.3, 0.4) is 0 Å². The summed E-state index contributed by atoms with van der Waals surface area (Å²) in [6.45, 7) is 5.24. The van der Waals surface area contributed by atoms with Gasteiger partial charge in [0.1, 0.15) is 5.75 Å². The normalized spacial score (nSPS) is 17.8. The minimum atomic E-state index is 0.307. The van der Waals surface area contributed by atoms with E-state index in [1.54, 1.807) is 7.11 Å². The lowest BCUT2D eigenvalue weighted by Crippen LogP contribution is -2.22. The molecular formula is C17H27NO2. The summed E-state index contributed by atoms with van der Waals surface area (Å²) in [5.41, 5.74) is 1.31. The first-order chi connectivity index (χ1) is 9.72. The van der Waals surface area contributed by atoms with E-state index >= 15 is 0 Å². The van der Waals surface area contributed by atoms with Crippen molar-refractivity contribution in [2.24, 2.45) is 0 Å². The van der Waals surface area contributed by atoms with Gasteiger partial charge < -0.3 is 14.8 Å². The monoisotopic (exact) mass is 277 g/mol. The molecule has 2 atom stereocenters. The minimum Gasteiger partial charge on any atom is -0.490 e. The summed E-state index contributed by atoms with van der Waals surface area (Å²) in [5, 5.41) is 3.56. The summed E-state index contributed by atoms with van der Waals surface area (Å²) in [5.74, 6) is 1.01. The zero-order chi connectivity index (χ0) is 14.4. The standard InChI is InChI=1S/C17H27NO2/c1-4-18-17(11-8-13(2)19-3)14-6-5-7-16(12-14)20-15-9-10-15/h5-7,12-13,15,17-18H,4,8-11H2,1-3H3. The van der Waals surface area contributed by atoms with Gasteiger partial charge in [-0.05, 0) is 56.8 Å². The molecule has 1 aliphatic carbocycles. The molecule has 1 N–H and O–H groups in total. The number of hydrogen-bond donors (Lipinski definition) is 1. The number of methoxy groups -OCH3 is 1. The van der Waals surface area contributed by atoms with Crippen LogP contribution in [0.15, 0.2) is 24.3 Å². The van der Waals surface area contributed by atoms with Crippen LogP contribution >= 0.6 is 0 Å². The lowest BCUT2D eigenvalue weighted by molar-refractivity contribution is 0.106. The van der Waals surface area contributed by atoms with Crippen LogP contribution in [0.2, 0.25) is 0 Å². The van der Waals surface area contributed by atoms with Crippen LogP contribution in [0, 0.1) is 0 Å². The van der Waals surface area contributed by atoms with E-state index in [0.717, 1.165) is 25.1 Å². The summed E-state index contributed by atoms with van der Waals surface area (Å²) >= 11 is 0. The van der Waals surface area contributed by atoms with E-state index in [0.29, 0.717) is 18.2 Å². The Balaban J connectivity index is 1.98. The van der Waals surface area contributed by atoms with E-state index in [9.17, 15) is 0 Å². The van der Waals surface area contributed by atoms with Gasteiger partial charge in [0.15, 0.2) is 0 Å². The van der Waals surface area contributed by atoms with Crippen molar-refractivity contribution in [3.8, 4) is 5.75 Å². The van der Waals surface area contributed by atoms with Crippen LogP contribution in [0.5, 0.6) is 5.75 Å². The molecule has 0 aromatic heterocycles. The van der Waals surface area contributed by atoms with Crippen molar-refractivity contribution in [1.82, 2.24) is 5.32 Å². The molecule has 0 radical (unpaired) electrons. The van der Waals surface area contributed by atoms with Crippen LogP contribution in [0.1, 0.15) is 51.1 Å². The molecule has 1 saturated carbocycles. The number of rotatable bonds is 9. The Morgan fingerprint density at radius 1 is 1.30 bits per heavy atom. The van der Waals surface area contributed by atoms with E-state index in [1.165, 1.54) is 18.4 Å². The maximum Gasteiger partial charge on any atom is 0.120 e. The van der Waals surface area contributed by atoms with Crippen LogP contribution < -0.4 is 10.1 Å². The molecule has 3 nitrogen and oxygen atoms in total. The van der Waals surface area contributed by atoms with Gasteiger partial charge in [-0.1, -0.05) is 19.1 Å². The van der Waals surface area contributed by atoms with Crippen molar-refractivity contribution < 1.29 is 9.47 Å². The van der Waals surface area contributed by atoms with E-state index < -0.39 is 0 Å². The second-order valence-corrected chi connectivity index (χ2v) is 5.62. The minimum absolute atomic E-state index is 0.307. The fraction of sp³-hybridized carbons (Fsp3) is 0.647. The summed E-state index contributed by atoms with van der Waals surface area (Å²) < 4.78 is 11.2. The van der Waals surface area contributed by atoms with Gasteiger partial charge in [-0.3, -0.25) is 0 Å². The van der Waals surface area contributed by atoms with Gasteiger partial charge in [-0.25, -0.2) is 0 Å². The number of nitrogens with one attached hydrogen (secondary N) is 1. The van der Waals surface area contributed by atoms with Crippen LogP contribution in [-0.4, -0.2) is 25.9 Å². The second-order valence-electron chi connectivity index (χ2n) is 5.62. The predicted octanol–water partition coefficient (Wildman–Crippen LogP) is 3.69. The topological polar surface area (TPSA) is 30.5 Å². The molecule has 2 unspecified atom stereocenters. The summed E-state index contributed by atoms with van der Waals surface area (Å²) in [6, 6.07) is 8.90. The van der Waals surface area contributed by atoms with Crippen LogP contribution in [0.25, 0.3) is 0 Å². The highest BCUT2D eigenvalue weighted by molar-refractivity contribution is 5.31. The van der Waals surface area contributed by atoms with Crippen molar-refractivity contribution in [2.45, 2.75) is 57.8 Å². The lowest BCUT2D eigenvalue weighted by atomic mass is 10.00. The Morgan fingerprint density at radius 2 is 2.10 bits per heavy atom. The molecule has 112 valence electrons. The average Bonchev–Trinajstić information content (AvgIpc) is 3.27. The van der Waals surface area contributed by atoms with Crippen molar-refractivity contribution in [3.63, 3.8) is 0 Å². The summed E-state index contributed by atoms with van der Waals surface area (Å²) in [6.07, 6.45) is 5.30. The van der Waals surface area contributed by atoms with E-state index in [4.69, 9.17) is 9.47 Å². The maximum absolute atomic E-state index is 5.89. The molecule has 1 aromatic carbocycles. The van der Waals surface area contributed by atoms with Gasteiger partial charge in [0.05, 0.1) is 12.2 Å². The molecule has 3 heteroatoms. The molecule has 0 spiro atoms. The molecule has 1 aliphatic rings. The van der Waals surface area contributed by atoms with E-state index in [-0.39, 0.29) is 0 Å². The fourth-order valence-corrected chi connectivity index (χ4v) is 2.34. The van der Waals surface area contributed by atoms with Crippen molar-refractivity contribution in [3.05, 3.63) is 29.8 Å². The van der Waals surface area contributed by atoms with Crippen molar-refractivity contribution >= 4 is 0 Å². The molecular weight excluding hydrogens is 250 g/mol. The zero-order valence-electron chi connectivity index (χ0n) is 12.9. The molecule has 0 heterocycles. The molecule has 2 rings (SSSR count). The Hall–Kier alpha value is -1.06. The number of ether oxygens (including phenoxy) is 2. The largest absolute Gasteiger partial charge is 0.490 e. The third kappa shape index (κ3) is 4.80. The van der Waals surface area contributed by atoms with Crippen molar-refractivity contribution in [1.29, 1.82) is 0 Å². The molecule has 1 fully saturated rings. The van der Waals surface area contributed by atoms with Gasteiger partial charge in [0.2, 0.25) is 0 Å². The first-order valence-corrected chi connectivity index (χ1v) is 7.75. The van der Waals surface area contributed by atoms with Gasteiger partial charge >= 0.3 is 0 Å². The van der Waals surface area contributed by atoms with Gasteiger partial charge in [0, 0.05) is 13.2 Å². The quantitative estimate of drug-likeness (QED) is 0.746. The van der Waals surface area contributed by atoms with Crippen LogP contribution in [-0.2, 0) is 4.74 Å². The highest BCUT2D eigenvalue weighted by atomic mass is 16.5. The molecule has 0 aliphatic heterocycles. The SMILES string of the molecule is CCNC(CCC(C)OC)c1cccc(OC2CC2)c1. The van der Waals surface area contributed by atoms with Crippen LogP contribution in [0.4, 0.5) is 0 Å². The van der Waals surface area contributed by atoms with E-state index in [2.05, 4.69) is 43.4 Å². The first-order valence-electron chi connectivity index (χ1n) is 7.75. The maximum atomic E-state index is 5.89. The summed E-state index contributed by atoms with van der Waals surface area (Å²) in [7, 11) is 1.77. The Labute approximate surface area is 122 Å². The third-order valence-electron chi connectivity index (χ3n) is 3.80. The highest BCUT2D eigenvalue weighted by Gasteiger charge is 2.23. The fourth-order valence-electron chi connectivity index (χ4n) is 2.34. The zero-order valence-corrected chi connectivity index (χ0v) is 12.9.